The SMILES string of the molecule is O=C1CC[C@@H](C(=O)OCCCCc2ccccc2)N1. The maximum absolute atomic E-state index is 11.6. The number of nitrogens with one attached hydrogen (secondary N) is 1. The molecule has 0 saturated carbocycles. The first kappa shape index (κ1) is 13.6. The maximum Gasteiger partial charge on any atom is 0.328 e. The minimum Gasteiger partial charge on any atom is -0.464 e. The number of rotatable bonds is 6. The molecule has 1 aliphatic heterocycles. The summed E-state index contributed by atoms with van der Waals surface area (Å²) >= 11 is 0. The summed E-state index contributed by atoms with van der Waals surface area (Å²) in [5.74, 6) is -0.364. The van der Waals surface area contributed by atoms with Crippen molar-refractivity contribution in [2.75, 3.05) is 6.61 Å². The molecule has 1 aromatic rings. The molecule has 1 atom stereocenters. The van der Waals surface area contributed by atoms with Crippen molar-refractivity contribution in [1.29, 1.82) is 0 Å². The Morgan fingerprint density at radius 1 is 1.26 bits per heavy atom. The minimum atomic E-state index is -0.429. The van der Waals surface area contributed by atoms with E-state index >= 15 is 0 Å². The highest BCUT2D eigenvalue weighted by molar-refractivity contribution is 5.87. The third-order valence-corrected chi connectivity index (χ3v) is 3.23. The molecule has 1 amide bonds. The first-order valence-corrected chi connectivity index (χ1v) is 6.75. The standard InChI is InChI=1S/C15H19NO3/c17-14-10-9-13(16-14)15(18)19-11-5-4-8-12-6-2-1-3-7-12/h1-3,6-7,13H,4-5,8-11H2,(H,16,17)/t13-/m0/s1. The first-order valence-electron chi connectivity index (χ1n) is 6.75. The predicted molar refractivity (Wildman–Crippen MR) is 71.5 cm³/mol. The molecule has 0 unspecified atom stereocenters. The van der Waals surface area contributed by atoms with Crippen molar-refractivity contribution in [3.8, 4) is 0 Å². The van der Waals surface area contributed by atoms with Crippen LogP contribution in [0.2, 0.25) is 0 Å². The van der Waals surface area contributed by atoms with Crippen molar-refractivity contribution in [3.05, 3.63) is 35.9 Å². The minimum absolute atomic E-state index is 0.0639. The maximum atomic E-state index is 11.6. The molecule has 1 aliphatic rings. The van der Waals surface area contributed by atoms with Gasteiger partial charge in [-0.1, -0.05) is 30.3 Å². The van der Waals surface area contributed by atoms with Gasteiger partial charge in [0.25, 0.3) is 0 Å². The largest absolute Gasteiger partial charge is 0.464 e. The zero-order chi connectivity index (χ0) is 13.5. The molecule has 0 aliphatic carbocycles. The Hall–Kier alpha value is -1.84. The molecule has 1 heterocycles. The summed E-state index contributed by atoms with van der Waals surface area (Å²) in [7, 11) is 0. The first-order chi connectivity index (χ1) is 9.25. The molecule has 4 nitrogen and oxygen atoms in total. The van der Waals surface area contributed by atoms with Gasteiger partial charge < -0.3 is 10.1 Å². The summed E-state index contributed by atoms with van der Waals surface area (Å²) in [6.45, 7) is 0.429. The normalized spacial score (nSPS) is 18.1. The number of unbranched alkanes of at least 4 members (excludes halogenated alkanes) is 1. The number of ether oxygens (including phenoxy) is 1. The van der Waals surface area contributed by atoms with Gasteiger partial charge >= 0.3 is 5.97 Å². The van der Waals surface area contributed by atoms with Crippen LogP contribution in [0.1, 0.15) is 31.2 Å². The zero-order valence-electron chi connectivity index (χ0n) is 10.9. The Balaban J connectivity index is 1.57. The number of hydrogen-bond acceptors (Lipinski definition) is 3. The Morgan fingerprint density at radius 3 is 2.74 bits per heavy atom. The van der Waals surface area contributed by atoms with Gasteiger partial charge in [0.15, 0.2) is 0 Å². The van der Waals surface area contributed by atoms with E-state index in [0.29, 0.717) is 19.4 Å². The van der Waals surface area contributed by atoms with Crippen LogP contribution in [0.25, 0.3) is 0 Å². The van der Waals surface area contributed by atoms with Crippen LogP contribution < -0.4 is 5.32 Å². The fourth-order valence-corrected chi connectivity index (χ4v) is 2.14. The van der Waals surface area contributed by atoms with Gasteiger partial charge in [-0.2, -0.15) is 0 Å². The number of benzene rings is 1. The summed E-state index contributed by atoms with van der Waals surface area (Å²) < 4.78 is 5.16. The number of aryl methyl sites for hydroxylation is 1. The lowest BCUT2D eigenvalue weighted by molar-refractivity contribution is -0.146. The fraction of sp³-hybridized carbons (Fsp3) is 0.467. The molecule has 1 N–H and O–H groups in total. The number of carbonyl (C=O) groups is 2. The molecule has 4 heteroatoms. The number of carbonyl (C=O) groups excluding carboxylic acids is 2. The van der Waals surface area contributed by atoms with E-state index in [0.717, 1.165) is 19.3 Å². The van der Waals surface area contributed by atoms with Crippen LogP contribution in [0, 0.1) is 0 Å². The van der Waals surface area contributed by atoms with Crippen molar-refractivity contribution in [1.82, 2.24) is 5.32 Å². The van der Waals surface area contributed by atoms with Crippen LogP contribution in [0.15, 0.2) is 30.3 Å². The fourth-order valence-electron chi connectivity index (χ4n) is 2.14. The van der Waals surface area contributed by atoms with E-state index < -0.39 is 6.04 Å². The monoisotopic (exact) mass is 261 g/mol. The Bertz CT molecular complexity index is 430. The summed E-state index contributed by atoms with van der Waals surface area (Å²) in [6.07, 6.45) is 3.82. The molecule has 0 aromatic heterocycles. The van der Waals surface area contributed by atoms with Gasteiger partial charge in [0, 0.05) is 6.42 Å². The van der Waals surface area contributed by atoms with E-state index in [-0.39, 0.29) is 11.9 Å². The summed E-state index contributed by atoms with van der Waals surface area (Å²) in [4.78, 5) is 22.6. The van der Waals surface area contributed by atoms with Gasteiger partial charge in [0.2, 0.25) is 5.91 Å². The molecule has 0 spiro atoms. The van der Waals surface area contributed by atoms with E-state index in [4.69, 9.17) is 4.74 Å². The predicted octanol–water partition coefficient (Wildman–Crippen LogP) is 1.83. The molecule has 0 radical (unpaired) electrons. The van der Waals surface area contributed by atoms with E-state index in [1.807, 2.05) is 18.2 Å². The van der Waals surface area contributed by atoms with Crippen LogP contribution in [-0.4, -0.2) is 24.5 Å². The second-order valence-electron chi connectivity index (χ2n) is 4.77. The lowest BCUT2D eigenvalue weighted by atomic mass is 10.1. The van der Waals surface area contributed by atoms with Crippen molar-refractivity contribution in [3.63, 3.8) is 0 Å². The lowest BCUT2D eigenvalue weighted by Crippen LogP contribution is -2.34. The highest BCUT2D eigenvalue weighted by Crippen LogP contribution is 2.09. The van der Waals surface area contributed by atoms with Crippen LogP contribution in [0.4, 0.5) is 0 Å². The second-order valence-corrected chi connectivity index (χ2v) is 4.77. The molecular formula is C15H19NO3. The highest BCUT2D eigenvalue weighted by Gasteiger charge is 2.28. The average Bonchev–Trinajstić information content (AvgIpc) is 2.86. The topological polar surface area (TPSA) is 55.4 Å². The third kappa shape index (κ3) is 4.39. The number of hydrogen-bond donors (Lipinski definition) is 1. The van der Waals surface area contributed by atoms with Crippen LogP contribution >= 0.6 is 0 Å². The van der Waals surface area contributed by atoms with Crippen molar-refractivity contribution in [2.45, 2.75) is 38.1 Å². The van der Waals surface area contributed by atoms with E-state index in [1.54, 1.807) is 0 Å². The molecule has 2 rings (SSSR count). The lowest BCUT2D eigenvalue weighted by Gasteiger charge is -2.09. The molecule has 1 saturated heterocycles. The van der Waals surface area contributed by atoms with Crippen molar-refractivity contribution < 1.29 is 14.3 Å². The smallest absolute Gasteiger partial charge is 0.328 e. The number of esters is 1. The Labute approximate surface area is 113 Å². The van der Waals surface area contributed by atoms with Gasteiger partial charge in [-0.15, -0.1) is 0 Å². The van der Waals surface area contributed by atoms with Crippen LogP contribution in [-0.2, 0) is 20.7 Å². The van der Waals surface area contributed by atoms with Crippen molar-refractivity contribution in [2.24, 2.45) is 0 Å². The Morgan fingerprint density at radius 2 is 2.05 bits per heavy atom. The van der Waals surface area contributed by atoms with Gasteiger partial charge in [0.05, 0.1) is 6.61 Å². The quantitative estimate of drug-likeness (QED) is 0.628. The second kappa shape index (κ2) is 6.92. The summed E-state index contributed by atoms with van der Waals surface area (Å²) in [5.41, 5.74) is 1.30. The van der Waals surface area contributed by atoms with Crippen molar-refractivity contribution >= 4 is 11.9 Å². The van der Waals surface area contributed by atoms with E-state index in [1.165, 1.54) is 5.56 Å². The van der Waals surface area contributed by atoms with Gasteiger partial charge in [-0.05, 0) is 31.2 Å². The van der Waals surface area contributed by atoms with E-state index in [2.05, 4.69) is 17.4 Å². The molecule has 19 heavy (non-hydrogen) atoms. The Kier molecular flexibility index (Phi) is 4.95. The average molecular weight is 261 g/mol. The van der Waals surface area contributed by atoms with Gasteiger partial charge in [-0.25, -0.2) is 4.79 Å². The number of amides is 1. The summed E-state index contributed by atoms with van der Waals surface area (Å²) in [5, 5.41) is 2.61. The van der Waals surface area contributed by atoms with E-state index in [9.17, 15) is 9.59 Å². The molecule has 0 bridgehead atoms. The molecule has 102 valence electrons. The molecule has 1 aromatic carbocycles. The van der Waals surface area contributed by atoms with Crippen LogP contribution in [0.3, 0.4) is 0 Å². The van der Waals surface area contributed by atoms with Gasteiger partial charge in [0.1, 0.15) is 6.04 Å². The zero-order valence-corrected chi connectivity index (χ0v) is 10.9. The van der Waals surface area contributed by atoms with Gasteiger partial charge in [-0.3, -0.25) is 4.79 Å². The molecular weight excluding hydrogens is 242 g/mol. The highest BCUT2D eigenvalue weighted by atomic mass is 16.5. The van der Waals surface area contributed by atoms with Crippen LogP contribution in [0.5, 0.6) is 0 Å². The molecule has 1 fully saturated rings. The third-order valence-electron chi connectivity index (χ3n) is 3.23. The summed E-state index contributed by atoms with van der Waals surface area (Å²) in [6, 6.07) is 9.82.